The highest BCUT2D eigenvalue weighted by Crippen LogP contribution is 2.28. The number of nitrogens with one attached hydrogen (secondary N) is 1. The van der Waals surface area contributed by atoms with E-state index in [0.29, 0.717) is 5.02 Å². The van der Waals surface area contributed by atoms with Crippen LogP contribution in [0.15, 0.2) is 41.3 Å². The minimum absolute atomic E-state index is 0.153. The maximum atomic E-state index is 12.3. The van der Waals surface area contributed by atoms with E-state index in [4.69, 9.17) is 28.3 Å². The zero-order chi connectivity index (χ0) is 16.5. The van der Waals surface area contributed by atoms with Crippen molar-refractivity contribution in [2.75, 3.05) is 4.72 Å². The van der Waals surface area contributed by atoms with Crippen LogP contribution in [0, 0.1) is 6.92 Å². The molecule has 0 unspecified atom stereocenters. The van der Waals surface area contributed by atoms with E-state index in [1.807, 2.05) is 0 Å². The van der Waals surface area contributed by atoms with Gasteiger partial charge in [0.15, 0.2) is 0 Å². The van der Waals surface area contributed by atoms with Gasteiger partial charge in [-0.25, -0.2) is 13.2 Å². The molecule has 0 spiro atoms. The number of carboxylic acids is 1. The summed E-state index contributed by atoms with van der Waals surface area (Å²) >= 11 is 11.8. The second-order valence-electron chi connectivity index (χ2n) is 4.49. The van der Waals surface area contributed by atoms with Gasteiger partial charge in [-0.1, -0.05) is 35.3 Å². The molecule has 5 nitrogen and oxygen atoms in total. The average molecular weight is 360 g/mol. The topological polar surface area (TPSA) is 83.5 Å². The van der Waals surface area contributed by atoms with E-state index in [1.165, 1.54) is 12.1 Å². The summed E-state index contributed by atoms with van der Waals surface area (Å²) < 4.78 is 27.0. The summed E-state index contributed by atoms with van der Waals surface area (Å²) in [5.41, 5.74) is 0.787. The largest absolute Gasteiger partial charge is 0.478 e. The Morgan fingerprint density at radius 1 is 1.18 bits per heavy atom. The second kappa shape index (κ2) is 6.16. The number of aryl methyl sites for hydroxylation is 1. The van der Waals surface area contributed by atoms with Crippen molar-refractivity contribution in [2.45, 2.75) is 11.8 Å². The molecule has 0 fully saturated rings. The predicted molar refractivity (Wildman–Crippen MR) is 85.4 cm³/mol. The summed E-state index contributed by atoms with van der Waals surface area (Å²) in [5, 5.41) is 9.02. The molecule has 2 N–H and O–H groups in total. The van der Waals surface area contributed by atoms with Crippen molar-refractivity contribution in [2.24, 2.45) is 0 Å². The summed E-state index contributed by atoms with van der Waals surface area (Å²) in [7, 11) is -3.93. The maximum absolute atomic E-state index is 12.3. The lowest BCUT2D eigenvalue weighted by molar-refractivity contribution is 0.0697. The summed E-state index contributed by atoms with van der Waals surface area (Å²) in [4.78, 5) is 10.7. The Morgan fingerprint density at radius 3 is 2.45 bits per heavy atom. The van der Waals surface area contributed by atoms with Crippen LogP contribution in [0.25, 0.3) is 0 Å². The molecule has 2 aromatic carbocycles. The lowest BCUT2D eigenvalue weighted by Gasteiger charge is -2.11. The van der Waals surface area contributed by atoms with E-state index < -0.39 is 16.0 Å². The number of aromatic carboxylic acids is 1. The first-order valence-electron chi connectivity index (χ1n) is 6.03. The summed E-state index contributed by atoms with van der Waals surface area (Å²) in [5.74, 6) is -1.23. The van der Waals surface area contributed by atoms with Crippen molar-refractivity contribution in [3.05, 3.63) is 57.6 Å². The monoisotopic (exact) mass is 359 g/mol. The molecule has 8 heteroatoms. The molecule has 0 heterocycles. The van der Waals surface area contributed by atoms with Crippen LogP contribution in [0.4, 0.5) is 5.69 Å². The van der Waals surface area contributed by atoms with Crippen LogP contribution in [-0.2, 0) is 10.0 Å². The maximum Gasteiger partial charge on any atom is 0.337 e. The normalized spacial score (nSPS) is 11.2. The lowest BCUT2D eigenvalue weighted by Crippen LogP contribution is -2.14. The average Bonchev–Trinajstić information content (AvgIpc) is 2.43. The van der Waals surface area contributed by atoms with Gasteiger partial charge in [0.2, 0.25) is 0 Å². The van der Waals surface area contributed by atoms with Gasteiger partial charge in [0.25, 0.3) is 10.0 Å². The first-order chi connectivity index (χ1) is 10.2. The van der Waals surface area contributed by atoms with Gasteiger partial charge >= 0.3 is 5.97 Å². The highest BCUT2D eigenvalue weighted by molar-refractivity contribution is 7.92. The Labute approximate surface area is 137 Å². The third-order valence-electron chi connectivity index (χ3n) is 2.92. The third kappa shape index (κ3) is 3.35. The van der Waals surface area contributed by atoms with Crippen molar-refractivity contribution in [1.29, 1.82) is 0 Å². The summed E-state index contributed by atoms with van der Waals surface area (Å²) in [6.45, 7) is 1.75. The Morgan fingerprint density at radius 2 is 1.86 bits per heavy atom. The fourth-order valence-corrected chi connectivity index (χ4v) is 3.42. The van der Waals surface area contributed by atoms with Crippen molar-refractivity contribution in [3.8, 4) is 0 Å². The van der Waals surface area contributed by atoms with Crippen LogP contribution in [0.2, 0.25) is 10.0 Å². The van der Waals surface area contributed by atoms with E-state index in [2.05, 4.69) is 4.72 Å². The Hall–Kier alpha value is -1.76. The minimum Gasteiger partial charge on any atom is -0.478 e. The Kier molecular flexibility index (Phi) is 4.65. The molecule has 2 rings (SSSR count). The number of anilines is 1. The third-order valence-corrected chi connectivity index (χ3v) is 5.09. The fraction of sp³-hybridized carbons (Fsp3) is 0.0714. The molecule has 22 heavy (non-hydrogen) atoms. The number of carbonyl (C=O) groups is 1. The first-order valence-corrected chi connectivity index (χ1v) is 8.27. The zero-order valence-electron chi connectivity index (χ0n) is 11.3. The van der Waals surface area contributed by atoms with Crippen molar-refractivity contribution in [3.63, 3.8) is 0 Å². The lowest BCUT2D eigenvalue weighted by atomic mass is 10.2. The van der Waals surface area contributed by atoms with E-state index in [9.17, 15) is 13.2 Å². The number of benzene rings is 2. The number of carboxylic acid groups (broad SMARTS) is 1. The van der Waals surface area contributed by atoms with Crippen molar-refractivity contribution < 1.29 is 18.3 Å². The molecule has 0 aliphatic heterocycles. The Bertz CT molecular complexity index is 850. The van der Waals surface area contributed by atoms with Crippen LogP contribution in [0.5, 0.6) is 0 Å². The van der Waals surface area contributed by atoms with Crippen LogP contribution in [-0.4, -0.2) is 19.5 Å². The van der Waals surface area contributed by atoms with Crippen LogP contribution >= 0.6 is 23.2 Å². The molecule has 0 aliphatic carbocycles. The molecule has 0 aromatic heterocycles. The van der Waals surface area contributed by atoms with E-state index in [-0.39, 0.29) is 21.2 Å². The molecule has 0 bridgehead atoms. The van der Waals surface area contributed by atoms with Gasteiger partial charge in [-0.2, -0.15) is 0 Å². The second-order valence-corrected chi connectivity index (χ2v) is 6.96. The molecule has 116 valence electrons. The van der Waals surface area contributed by atoms with Gasteiger partial charge in [-0.15, -0.1) is 0 Å². The molecule has 0 amide bonds. The minimum atomic E-state index is -3.93. The van der Waals surface area contributed by atoms with E-state index in [1.54, 1.807) is 19.1 Å². The molecule has 0 saturated carbocycles. The molecule has 0 saturated heterocycles. The van der Waals surface area contributed by atoms with Gasteiger partial charge in [0, 0.05) is 0 Å². The van der Waals surface area contributed by atoms with Crippen LogP contribution < -0.4 is 4.72 Å². The van der Waals surface area contributed by atoms with E-state index in [0.717, 1.165) is 17.7 Å². The smallest absolute Gasteiger partial charge is 0.337 e. The van der Waals surface area contributed by atoms with Gasteiger partial charge in [0.1, 0.15) is 0 Å². The van der Waals surface area contributed by atoms with Crippen LogP contribution in [0.3, 0.4) is 0 Å². The van der Waals surface area contributed by atoms with Gasteiger partial charge in [-0.05, 0) is 36.8 Å². The molecule has 0 atom stereocenters. The van der Waals surface area contributed by atoms with Crippen molar-refractivity contribution in [1.82, 2.24) is 0 Å². The summed E-state index contributed by atoms with van der Waals surface area (Å²) in [6.07, 6.45) is 0. The van der Waals surface area contributed by atoms with Gasteiger partial charge in [-0.3, -0.25) is 4.72 Å². The molecule has 2 aromatic rings. The summed E-state index contributed by atoms with van der Waals surface area (Å²) in [6, 6.07) is 8.33. The molecular weight excluding hydrogens is 349 g/mol. The van der Waals surface area contributed by atoms with Crippen LogP contribution in [0.1, 0.15) is 15.9 Å². The SMILES string of the molecule is Cc1cccc(NS(=O)(=O)c2ccc(C(=O)O)c(Cl)c2)c1Cl. The molecule has 0 radical (unpaired) electrons. The van der Waals surface area contributed by atoms with Crippen molar-refractivity contribution >= 4 is 44.9 Å². The quantitative estimate of drug-likeness (QED) is 0.869. The van der Waals surface area contributed by atoms with Gasteiger partial charge in [0.05, 0.1) is 26.2 Å². The number of hydrogen-bond donors (Lipinski definition) is 2. The Balaban J connectivity index is 2.41. The van der Waals surface area contributed by atoms with E-state index >= 15 is 0 Å². The van der Waals surface area contributed by atoms with Gasteiger partial charge < -0.3 is 5.11 Å². The fourth-order valence-electron chi connectivity index (χ4n) is 1.77. The predicted octanol–water partition coefficient (Wildman–Crippen LogP) is 3.80. The highest BCUT2D eigenvalue weighted by Gasteiger charge is 2.19. The zero-order valence-corrected chi connectivity index (χ0v) is 13.6. The first kappa shape index (κ1) is 16.6. The standard InChI is InChI=1S/C14H11Cl2NO4S/c1-8-3-2-4-12(13(8)16)17-22(20,21)9-5-6-10(14(18)19)11(15)7-9/h2-7,17H,1H3,(H,18,19). The number of hydrogen-bond acceptors (Lipinski definition) is 3. The number of rotatable bonds is 4. The highest BCUT2D eigenvalue weighted by atomic mass is 35.5. The number of sulfonamides is 1. The number of halogens is 2. The molecular formula is C14H11Cl2NO4S. The molecule has 0 aliphatic rings.